The molecule has 0 aromatic heterocycles. The minimum absolute atomic E-state index is 0.0717. The van der Waals surface area contributed by atoms with E-state index in [1.165, 1.54) is 12.1 Å². The second-order valence-corrected chi connectivity index (χ2v) is 5.24. The Kier molecular flexibility index (Phi) is 5.04. The fourth-order valence-electron chi connectivity index (χ4n) is 2.36. The average Bonchev–Trinajstić information content (AvgIpc) is 2.49. The van der Waals surface area contributed by atoms with Crippen molar-refractivity contribution >= 4 is 0 Å². The Morgan fingerprint density at radius 3 is 2.48 bits per heavy atom. The van der Waals surface area contributed by atoms with Gasteiger partial charge in [-0.25, -0.2) is 8.78 Å². The molecule has 1 unspecified atom stereocenters. The highest BCUT2D eigenvalue weighted by Crippen LogP contribution is 2.23. The monoisotopic (exact) mass is 290 g/mol. The summed E-state index contributed by atoms with van der Waals surface area (Å²) in [5.74, 6) is -0.496. The number of benzene rings is 2. The molecule has 2 rings (SSSR count). The van der Waals surface area contributed by atoms with E-state index >= 15 is 0 Å². The van der Waals surface area contributed by atoms with Gasteiger partial charge in [-0.2, -0.15) is 0 Å². The van der Waals surface area contributed by atoms with Crippen molar-refractivity contribution in [1.29, 1.82) is 0 Å². The summed E-state index contributed by atoms with van der Waals surface area (Å²) >= 11 is 0. The molecule has 2 aromatic carbocycles. The maximum Gasteiger partial charge on any atom is 0.127 e. The van der Waals surface area contributed by atoms with E-state index in [0.717, 1.165) is 5.56 Å². The molecule has 0 radical (unpaired) electrons. The molecule has 2 aromatic rings. The third-order valence-corrected chi connectivity index (χ3v) is 3.78. The topological polar surface area (TPSA) is 29.3 Å². The first-order valence-corrected chi connectivity index (χ1v) is 6.95. The van der Waals surface area contributed by atoms with Crippen molar-refractivity contribution in [2.24, 2.45) is 5.73 Å². The molecule has 0 bridgehead atoms. The highest BCUT2D eigenvalue weighted by atomic mass is 19.1. The van der Waals surface area contributed by atoms with Gasteiger partial charge in [0.25, 0.3) is 0 Å². The first-order valence-electron chi connectivity index (χ1n) is 6.95. The number of nitrogens with zero attached hydrogens (tertiary/aromatic N) is 1. The molecule has 2 nitrogen and oxygen atoms in total. The van der Waals surface area contributed by atoms with E-state index in [-0.39, 0.29) is 24.2 Å². The van der Waals surface area contributed by atoms with Crippen LogP contribution in [0.3, 0.4) is 0 Å². The summed E-state index contributed by atoms with van der Waals surface area (Å²) in [6.45, 7) is 2.72. The van der Waals surface area contributed by atoms with E-state index in [9.17, 15) is 8.78 Å². The van der Waals surface area contributed by atoms with Gasteiger partial charge in [-0.15, -0.1) is 0 Å². The molecule has 0 aliphatic heterocycles. The number of hydrogen-bond acceptors (Lipinski definition) is 2. The molecule has 0 aliphatic carbocycles. The van der Waals surface area contributed by atoms with E-state index in [2.05, 4.69) is 0 Å². The Morgan fingerprint density at radius 1 is 1.10 bits per heavy atom. The molecule has 112 valence electrons. The van der Waals surface area contributed by atoms with Gasteiger partial charge in [0.15, 0.2) is 0 Å². The zero-order valence-electron chi connectivity index (χ0n) is 12.3. The zero-order chi connectivity index (χ0) is 15.4. The van der Waals surface area contributed by atoms with Crippen LogP contribution in [0.1, 0.15) is 29.7 Å². The highest BCUT2D eigenvalue weighted by molar-refractivity contribution is 5.26. The SMILES string of the molecule is CC(c1ccccc1F)N(C)Cc1ccc(F)c(CN)c1. The molecule has 0 saturated carbocycles. The quantitative estimate of drug-likeness (QED) is 0.911. The van der Waals surface area contributed by atoms with Gasteiger partial charge in [0.2, 0.25) is 0 Å². The maximum absolute atomic E-state index is 13.8. The van der Waals surface area contributed by atoms with E-state index in [0.29, 0.717) is 17.7 Å². The first-order chi connectivity index (χ1) is 10.0. The van der Waals surface area contributed by atoms with E-state index < -0.39 is 0 Å². The van der Waals surface area contributed by atoms with Crippen LogP contribution in [0.2, 0.25) is 0 Å². The lowest BCUT2D eigenvalue weighted by Crippen LogP contribution is -2.23. The fourth-order valence-corrected chi connectivity index (χ4v) is 2.36. The molecule has 0 aliphatic rings. The van der Waals surface area contributed by atoms with Gasteiger partial charge in [-0.3, -0.25) is 4.90 Å². The van der Waals surface area contributed by atoms with Gasteiger partial charge in [-0.1, -0.05) is 30.3 Å². The van der Waals surface area contributed by atoms with Crippen molar-refractivity contribution in [2.45, 2.75) is 26.1 Å². The lowest BCUT2D eigenvalue weighted by molar-refractivity contribution is 0.248. The molecule has 0 spiro atoms. The number of hydrogen-bond donors (Lipinski definition) is 1. The summed E-state index contributed by atoms with van der Waals surface area (Å²) < 4.78 is 27.3. The Hall–Kier alpha value is -1.78. The molecule has 1 atom stereocenters. The number of rotatable bonds is 5. The predicted molar refractivity (Wildman–Crippen MR) is 80.6 cm³/mol. The number of halogens is 2. The molecule has 2 N–H and O–H groups in total. The molecular weight excluding hydrogens is 270 g/mol. The van der Waals surface area contributed by atoms with Gasteiger partial charge in [0, 0.05) is 30.3 Å². The van der Waals surface area contributed by atoms with Crippen molar-refractivity contribution < 1.29 is 8.78 Å². The van der Waals surface area contributed by atoms with Crippen LogP contribution in [-0.2, 0) is 13.1 Å². The van der Waals surface area contributed by atoms with Crippen molar-refractivity contribution in [3.05, 3.63) is 70.8 Å². The normalized spacial score (nSPS) is 12.7. The van der Waals surface area contributed by atoms with Crippen molar-refractivity contribution in [3.8, 4) is 0 Å². The van der Waals surface area contributed by atoms with Crippen molar-refractivity contribution in [1.82, 2.24) is 4.90 Å². The summed E-state index contributed by atoms with van der Waals surface area (Å²) in [6.07, 6.45) is 0. The van der Waals surface area contributed by atoms with Gasteiger partial charge < -0.3 is 5.73 Å². The summed E-state index contributed by atoms with van der Waals surface area (Å²) in [5, 5.41) is 0. The predicted octanol–water partition coefficient (Wildman–Crippen LogP) is 3.62. The molecule has 0 amide bonds. The van der Waals surface area contributed by atoms with E-state index in [1.54, 1.807) is 24.3 Å². The molecule has 4 heteroatoms. The summed E-state index contributed by atoms with van der Waals surface area (Å²) in [4.78, 5) is 2.02. The van der Waals surface area contributed by atoms with Crippen LogP contribution in [0.15, 0.2) is 42.5 Å². The third-order valence-electron chi connectivity index (χ3n) is 3.78. The Labute approximate surface area is 124 Å². The molecular formula is C17H20F2N2. The van der Waals surface area contributed by atoms with Gasteiger partial charge >= 0.3 is 0 Å². The largest absolute Gasteiger partial charge is 0.326 e. The first kappa shape index (κ1) is 15.6. The molecule has 0 saturated heterocycles. The minimum Gasteiger partial charge on any atom is -0.326 e. The second kappa shape index (κ2) is 6.78. The lowest BCUT2D eigenvalue weighted by atomic mass is 10.0. The average molecular weight is 290 g/mol. The highest BCUT2D eigenvalue weighted by Gasteiger charge is 2.15. The maximum atomic E-state index is 13.8. The Morgan fingerprint density at radius 2 is 1.81 bits per heavy atom. The Bertz CT molecular complexity index is 613. The third kappa shape index (κ3) is 3.65. The van der Waals surface area contributed by atoms with Crippen LogP contribution < -0.4 is 5.73 Å². The zero-order valence-corrected chi connectivity index (χ0v) is 12.3. The van der Waals surface area contributed by atoms with Crippen LogP contribution >= 0.6 is 0 Å². The smallest absolute Gasteiger partial charge is 0.127 e. The van der Waals surface area contributed by atoms with Gasteiger partial charge in [-0.05, 0) is 31.7 Å². The number of nitrogens with two attached hydrogens (primary N) is 1. The van der Waals surface area contributed by atoms with Crippen LogP contribution in [0.4, 0.5) is 8.78 Å². The standard InChI is InChI=1S/C17H20F2N2/c1-12(15-5-3-4-6-17(15)19)21(2)11-13-7-8-16(18)14(9-13)10-20/h3-9,12H,10-11,20H2,1-2H3. The van der Waals surface area contributed by atoms with Crippen LogP contribution in [-0.4, -0.2) is 11.9 Å². The second-order valence-electron chi connectivity index (χ2n) is 5.24. The van der Waals surface area contributed by atoms with Crippen LogP contribution in [0.5, 0.6) is 0 Å². The van der Waals surface area contributed by atoms with Crippen LogP contribution in [0.25, 0.3) is 0 Å². The van der Waals surface area contributed by atoms with Crippen molar-refractivity contribution in [2.75, 3.05) is 7.05 Å². The summed E-state index contributed by atoms with van der Waals surface area (Å²) in [6, 6.07) is 11.6. The van der Waals surface area contributed by atoms with Crippen LogP contribution in [0, 0.1) is 11.6 Å². The molecule has 21 heavy (non-hydrogen) atoms. The Balaban J connectivity index is 2.14. The summed E-state index contributed by atoms with van der Waals surface area (Å²) in [7, 11) is 1.92. The van der Waals surface area contributed by atoms with E-state index in [1.807, 2.05) is 24.9 Å². The lowest BCUT2D eigenvalue weighted by Gasteiger charge is -2.25. The van der Waals surface area contributed by atoms with E-state index in [4.69, 9.17) is 5.73 Å². The fraction of sp³-hybridized carbons (Fsp3) is 0.294. The summed E-state index contributed by atoms with van der Waals surface area (Å²) in [5.41, 5.74) is 7.63. The van der Waals surface area contributed by atoms with Gasteiger partial charge in [0.1, 0.15) is 11.6 Å². The van der Waals surface area contributed by atoms with Crippen molar-refractivity contribution in [3.63, 3.8) is 0 Å². The molecule has 0 heterocycles. The van der Waals surface area contributed by atoms with Gasteiger partial charge in [0.05, 0.1) is 0 Å². The minimum atomic E-state index is -0.286. The molecule has 0 fully saturated rings.